The highest BCUT2D eigenvalue weighted by atomic mass is 16.6. The van der Waals surface area contributed by atoms with Crippen molar-refractivity contribution in [3.05, 3.63) is 35.9 Å². The molecular weight excluding hydrogens is 276 g/mol. The predicted molar refractivity (Wildman–Crippen MR) is 88.4 cm³/mol. The van der Waals surface area contributed by atoms with Crippen molar-refractivity contribution in [1.82, 2.24) is 4.90 Å². The zero-order valence-electron chi connectivity index (χ0n) is 13.9. The Labute approximate surface area is 133 Å². The summed E-state index contributed by atoms with van der Waals surface area (Å²) >= 11 is 0. The van der Waals surface area contributed by atoms with E-state index in [1.807, 2.05) is 26.8 Å². The van der Waals surface area contributed by atoms with E-state index in [9.17, 15) is 4.79 Å². The Morgan fingerprint density at radius 1 is 1.32 bits per heavy atom. The summed E-state index contributed by atoms with van der Waals surface area (Å²) in [6.07, 6.45) is 3.53. The summed E-state index contributed by atoms with van der Waals surface area (Å²) in [5.74, 6) is 0.578. The second-order valence-electron chi connectivity index (χ2n) is 7.16. The summed E-state index contributed by atoms with van der Waals surface area (Å²) in [6, 6.07) is 10.5. The van der Waals surface area contributed by atoms with Crippen LogP contribution >= 0.6 is 0 Å². The van der Waals surface area contributed by atoms with Crippen LogP contribution in [0.3, 0.4) is 0 Å². The van der Waals surface area contributed by atoms with Gasteiger partial charge in [0.25, 0.3) is 0 Å². The smallest absolute Gasteiger partial charge is 0.411 e. The van der Waals surface area contributed by atoms with Gasteiger partial charge < -0.3 is 10.5 Å². The molecule has 1 aromatic carbocycles. The van der Waals surface area contributed by atoms with Gasteiger partial charge in [-0.1, -0.05) is 30.3 Å². The Balaban J connectivity index is 1.81. The van der Waals surface area contributed by atoms with Crippen molar-refractivity contribution in [3.8, 4) is 0 Å². The number of likely N-dealkylation sites (tertiary alicyclic amines) is 1. The van der Waals surface area contributed by atoms with Gasteiger partial charge in [-0.25, -0.2) is 4.79 Å². The maximum atomic E-state index is 12.1. The number of benzene rings is 1. The Hall–Kier alpha value is -1.55. The van der Waals surface area contributed by atoms with Crippen LogP contribution in [0.5, 0.6) is 0 Å². The maximum absolute atomic E-state index is 12.1. The maximum Gasteiger partial charge on any atom is 0.411 e. The van der Waals surface area contributed by atoms with E-state index < -0.39 is 5.60 Å². The SMILES string of the molecule is CC(C)(C)OC(=O)N1CCC(CCc2ccccc2)CC1N. The van der Waals surface area contributed by atoms with E-state index in [2.05, 4.69) is 24.3 Å². The van der Waals surface area contributed by atoms with Crippen LogP contribution in [0.15, 0.2) is 30.3 Å². The van der Waals surface area contributed by atoms with Gasteiger partial charge in [-0.3, -0.25) is 4.90 Å². The van der Waals surface area contributed by atoms with E-state index in [4.69, 9.17) is 10.5 Å². The third-order valence-corrected chi connectivity index (χ3v) is 4.07. The van der Waals surface area contributed by atoms with Crippen LogP contribution in [-0.4, -0.2) is 29.3 Å². The van der Waals surface area contributed by atoms with Gasteiger partial charge in [0.2, 0.25) is 0 Å². The molecule has 4 heteroatoms. The molecule has 22 heavy (non-hydrogen) atoms. The molecule has 4 nitrogen and oxygen atoms in total. The molecule has 1 heterocycles. The highest BCUT2D eigenvalue weighted by Crippen LogP contribution is 2.26. The predicted octanol–water partition coefficient (Wildman–Crippen LogP) is 3.55. The van der Waals surface area contributed by atoms with Gasteiger partial charge in [0.05, 0.1) is 6.17 Å². The number of aryl methyl sites for hydroxylation is 1. The van der Waals surface area contributed by atoms with Crippen LogP contribution in [0.2, 0.25) is 0 Å². The van der Waals surface area contributed by atoms with Crippen LogP contribution in [0.1, 0.15) is 45.6 Å². The highest BCUT2D eigenvalue weighted by Gasteiger charge is 2.31. The van der Waals surface area contributed by atoms with Gasteiger partial charge in [-0.2, -0.15) is 0 Å². The lowest BCUT2D eigenvalue weighted by atomic mass is 9.89. The van der Waals surface area contributed by atoms with Crippen LogP contribution in [0, 0.1) is 5.92 Å². The number of hydrogen-bond donors (Lipinski definition) is 1. The van der Waals surface area contributed by atoms with Crippen LogP contribution < -0.4 is 5.73 Å². The molecule has 1 aromatic rings. The van der Waals surface area contributed by atoms with Gasteiger partial charge in [0, 0.05) is 6.54 Å². The van der Waals surface area contributed by atoms with E-state index in [1.54, 1.807) is 4.90 Å². The van der Waals surface area contributed by atoms with Crippen molar-refractivity contribution in [1.29, 1.82) is 0 Å². The Bertz CT molecular complexity index is 482. The fourth-order valence-electron chi connectivity index (χ4n) is 2.90. The average Bonchev–Trinajstić information content (AvgIpc) is 2.44. The molecule has 1 fully saturated rings. The van der Waals surface area contributed by atoms with E-state index in [-0.39, 0.29) is 12.3 Å². The highest BCUT2D eigenvalue weighted by molar-refractivity contribution is 5.68. The summed E-state index contributed by atoms with van der Waals surface area (Å²) in [7, 11) is 0. The minimum atomic E-state index is -0.471. The van der Waals surface area contributed by atoms with Gasteiger partial charge >= 0.3 is 6.09 Å². The standard InChI is InChI=1S/C18H28N2O2/c1-18(2,3)22-17(21)20-12-11-15(13-16(20)19)10-9-14-7-5-4-6-8-14/h4-8,15-16H,9-13,19H2,1-3H3. The van der Waals surface area contributed by atoms with Crippen LogP contribution in [0.25, 0.3) is 0 Å². The Morgan fingerprint density at radius 2 is 2.00 bits per heavy atom. The molecule has 1 aliphatic rings. The Morgan fingerprint density at radius 3 is 2.59 bits per heavy atom. The lowest BCUT2D eigenvalue weighted by Crippen LogP contribution is -2.52. The molecule has 1 amide bonds. The molecule has 1 saturated heterocycles. The molecule has 2 atom stereocenters. The first kappa shape index (κ1) is 16.8. The number of carbonyl (C=O) groups excluding carboxylic acids is 1. The quantitative estimate of drug-likeness (QED) is 0.929. The normalized spacial score (nSPS) is 22.5. The van der Waals surface area contributed by atoms with Gasteiger partial charge in [-0.05, 0) is 57.9 Å². The van der Waals surface area contributed by atoms with Crippen LogP contribution in [-0.2, 0) is 11.2 Å². The van der Waals surface area contributed by atoms with E-state index in [0.29, 0.717) is 12.5 Å². The molecule has 0 radical (unpaired) electrons. The number of carbonyl (C=O) groups is 1. The fraction of sp³-hybridized carbons (Fsp3) is 0.611. The summed E-state index contributed by atoms with van der Waals surface area (Å²) in [6.45, 7) is 6.32. The molecule has 2 N–H and O–H groups in total. The fourth-order valence-corrected chi connectivity index (χ4v) is 2.90. The first-order valence-electron chi connectivity index (χ1n) is 8.14. The second-order valence-corrected chi connectivity index (χ2v) is 7.16. The third kappa shape index (κ3) is 5.02. The molecule has 0 bridgehead atoms. The molecule has 1 aliphatic heterocycles. The lowest BCUT2D eigenvalue weighted by Gasteiger charge is -2.38. The van der Waals surface area contributed by atoms with Gasteiger partial charge in [0.1, 0.15) is 5.60 Å². The van der Waals surface area contributed by atoms with Crippen molar-refractivity contribution in [2.45, 2.75) is 58.2 Å². The number of piperidine rings is 1. The topological polar surface area (TPSA) is 55.6 Å². The molecule has 0 saturated carbocycles. The van der Waals surface area contributed by atoms with E-state index in [1.165, 1.54) is 5.56 Å². The molecule has 2 unspecified atom stereocenters. The zero-order chi connectivity index (χ0) is 16.2. The van der Waals surface area contributed by atoms with Crippen molar-refractivity contribution < 1.29 is 9.53 Å². The lowest BCUT2D eigenvalue weighted by molar-refractivity contribution is 0.00510. The summed E-state index contributed by atoms with van der Waals surface area (Å²) in [5, 5.41) is 0. The minimum Gasteiger partial charge on any atom is -0.444 e. The van der Waals surface area contributed by atoms with Crippen molar-refractivity contribution in [2.24, 2.45) is 11.7 Å². The minimum absolute atomic E-state index is 0.232. The molecular formula is C18H28N2O2. The zero-order valence-corrected chi connectivity index (χ0v) is 13.9. The summed E-state index contributed by atoms with van der Waals surface area (Å²) in [4.78, 5) is 13.8. The number of hydrogen-bond acceptors (Lipinski definition) is 3. The summed E-state index contributed by atoms with van der Waals surface area (Å²) in [5.41, 5.74) is 7.08. The molecule has 2 rings (SSSR count). The van der Waals surface area contributed by atoms with Gasteiger partial charge in [0.15, 0.2) is 0 Å². The third-order valence-electron chi connectivity index (χ3n) is 4.07. The second kappa shape index (κ2) is 7.14. The van der Waals surface area contributed by atoms with E-state index >= 15 is 0 Å². The van der Waals surface area contributed by atoms with E-state index in [0.717, 1.165) is 25.7 Å². The number of amides is 1. The largest absolute Gasteiger partial charge is 0.444 e. The number of ether oxygens (including phenoxy) is 1. The first-order chi connectivity index (χ1) is 10.3. The monoisotopic (exact) mass is 304 g/mol. The summed E-state index contributed by atoms with van der Waals surface area (Å²) < 4.78 is 5.42. The van der Waals surface area contributed by atoms with Crippen molar-refractivity contribution in [2.75, 3.05) is 6.54 Å². The number of nitrogens with two attached hydrogens (primary N) is 1. The molecule has 122 valence electrons. The average molecular weight is 304 g/mol. The molecule has 0 aliphatic carbocycles. The number of rotatable bonds is 3. The Kier molecular flexibility index (Phi) is 5.46. The van der Waals surface area contributed by atoms with Crippen molar-refractivity contribution in [3.63, 3.8) is 0 Å². The van der Waals surface area contributed by atoms with Crippen molar-refractivity contribution >= 4 is 6.09 Å². The first-order valence-corrected chi connectivity index (χ1v) is 8.14. The number of nitrogens with zero attached hydrogens (tertiary/aromatic N) is 1. The van der Waals surface area contributed by atoms with Gasteiger partial charge in [-0.15, -0.1) is 0 Å². The molecule has 0 aromatic heterocycles. The molecule has 0 spiro atoms. The van der Waals surface area contributed by atoms with Crippen LogP contribution in [0.4, 0.5) is 4.79 Å².